The van der Waals surface area contributed by atoms with E-state index in [0.717, 1.165) is 11.4 Å². The van der Waals surface area contributed by atoms with Gasteiger partial charge in [0.15, 0.2) is 17.3 Å². The molecule has 1 aromatic carbocycles. The molecule has 2 rings (SSSR count). The topological polar surface area (TPSA) is 86.0 Å². The summed E-state index contributed by atoms with van der Waals surface area (Å²) in [6.45, 7) is 6.17. The molecule has 0 bridgehead atoms. The van der Waals surface area contributed by atoms with Crippen LogP contribution in [0.4, 0.5) is 0 Å². The first-order chi connectivity index (χ1) is 9.86. The molecule has 0 amide bonds. The maximum atomic E-state index is 6.26. The van der Waals surface area contributed by atoms with Gasteiger partial charge in [-0.15, -0.1) is 0 Å². The van der Waals surface area contributed by atoms with E-state index in [1.807, 2.05) is 18.2 Å². The van der Waals surface area contributed by atoms with E-state index in [9.17, 15) is 0 Å². The molecule has 0 aliphatic rings. The van der Waals surface area contributed by atoms with Crippen LogP contribution in [0.5, 0.6) is 11.5 Å². The first-order valence-corrected chi connectivity index (χ1v) is 6.77. The number of benzene rings is 1. The molecule has 21 heavy (non-hydrogen) atoms. The van der Waals surface area contributed by atoms with E-state index in [1.165, 1.54) is 0 Å². The van der Waals surface area contributed by atoms with Crippen LogP contribution in [-0.4, -0.2) is 29.4 Å². The second kappa shape index (κ2) is 5.73. The monoisotopic (exact) mass is 290 g/mol. The molecule has 2 aromatic rings. The molecule has 6 nitrogen and oxygen atoms in total. The highest BCUT2D eigenvalue weighted by Crippen LogP contribution is 2.31. The maximum absolute atomic E-state index is 6.26. The van der Waals surface area contributed by atoms with Crippen molar-refractivity contribution in [1.29, 1.82) is 0 Å². The van der Waals surface area contributed by atoms with E-state index in [2.05, 4.69) is 36.0 Å². The zero-order valence-corrected chi connectivity index (χ0v) is 13.1. The lowest BCUT2D eigenvalue weighted by Gasteiger charge is -2.14. The van der Waals surface area contributed by atoms with Crippen LogP contribution in [0, 0.1) is 0 Å². The number of H-pyrrole nitrogens is 1. The van der Waals surface area contributed by atoms with Gasteiger partial charge in [0.1, 0.15) is 5.82 Å². The Kier molecular flexibility index (Phi) is 4.18. The Labute approximate surface area is 124 Å². The summed E-state index contributed by atoms with van der Waals surface area (Å²) in [6.07, 6.45) is 0. The highest BCUT2D eigenvalue weighted by atomic mass is 16.5. The predicted octanol–water partition coefficient (Wildman–Crippen LogP) is 2.17. The lowest BCUT2D eigenvalue weighted by molar-refractivity contribution is 0.354. The Hall–Kier alpha value is -2.08. The number of nitrogens with zero attached hydrogens (tertiary/aromatic N) is 2. The fourth-order valence-corrected chi connectivity index (χ4v) is 1.95. The number of aromatic amines is 1. The van der Waals surface area contributed by atoms with Gasteiger partial charge in [0.05, 0.1) is 20.3 Å². The first-order valence-electron chi connectivity index (χ1n) is 6.77. The summed E-state index contributed by atoms with van der Waals surface area (Å²) in [7, 11) is 3.20. The molecule has 0 fully saturated rings. The number of nitrogens with one attached hydrogen (secondary N) is 1. The Morgan fingerprint density at radius 2 is 1.81 bits per heavy atom. The Balaban J connectivity index is 2.31. The lowest BCUT2D eigenvalue weighted by atomic mass is 9.96. The molecule has 0 unspecified atom stereocenters. The Morgan fingerprint density at radius 1 is 1.14 bits per heavy atom. The lowest BCUT2D eigenvalue weighted by Crippen LogP contribution is -2.16. The average molecular weight is 290 g/mol. The largest absolute Gasteiger partial charge is 0.493 e. The smallest absolute Gasteiger partial charge is 0.161 e. The molecule has 1 aromatic heterocycles. The number of nitrogens with two attached hydrogens (primary N) is 1. The maximum Gasteiger partial charge on any atom is 0.161 e. The molecule has 0 saturated heterocycles. The van der Waals surface area contributed by atoms with E-state index in [-0.39, 0.29) is 5.41 Å². The summed E-state index contributed by atoms with van der Waals surface area (Å²) in [5.74, 6) is 2.68. The number of hydrogen-bond donors (Lipinski definition) is 2. The molecule has 1 heterocycles. The summed E-state index contributed by atoms with van der Waals surface area (Å²) in [6, 6.07) is 5.18. The summed E-state index contributed by atoms with van der Waals surface area (Å²) < 4.78 is 10.5. The molecule has 0 spiro atoms. The molecular formula is C15H22N4O2. The standard InChI is InChI=1S/C15H22N4O2/c1-15(2,3)14-17-13(18-19-14)12(16)9-6-7-10(20-4)11(8-9)21-5/h6-8,12H,16H2,1-5H3,(H,17,18,19)/t12-/m1/s1. The van der Waals surface area contributed by atoms with Crippen molar-refractivity contribution in [3.63, 3.8) is 0 Å². The van der Waals surface area contributed by atoms with Gasteiger partial charge in [0.2, 0.25) is 0 Å². The summed E-state index contributed by atoms with van der Waals surface area (Å²) >= 11 is 0. The predicted molar refractivity (Wildman–Crippen MR) is 80.7 cm³/mol. The van der Waals surface area contributed by atoms with Gasteiger partial charge in [-0.05, 0) is 17.7 Å². The molecule has 1 atom stereocenters. The van der Waals surface area contributed by atoms with Crippen LogP contribution in [0.1, 0.15) is 44.0 Å². The average Bonchev–Trinajstić information content (AvgIpc) is 2.95. The Morgan fingerprint density at radius 3 is 2.33 bits per heavy atom. The van der Waals surface area contributed by atoms with Gasteiger partial charge in [0, 0.05) is 5.41 Å². The van der Waals surface area contributed by atoms with Crippen molar-refractivity contribution in [3.8, 4) is 11.5 Å². The van der Waals surface area contributed by atoms with Crippen molar-refractivity contribution in [2.75, 3.05) is 14.2 Å². The van der Waals surface area contributed by atoms with Gasteiger partial charge in [-0.3, -0.25) is 5.10 Å². The van der Waals surface area contributed by atoms with Crippen molar-refractivity contribution < 1.29 is 9.47 Å². The zero-order chi connectivity index (χ0) is 15.6. The SMILES string of the molecule is COc1ccc([C@@H](N)c2nc(C(C)(C)C)n[nH]2)cc1OC. The van der Waals surface area contributed by atoms with Crippen LogP contribution in [0.2, 0.25) is 0 Å². The minimum atomic E-state index is -0.395. The summed E-state index contributed by atoms with van der Waals surface area (Å²) in [5.41, 5.74) is 7.02. The number of rotatable bonds is 4. The fourth-order valence-electron chi connectivity index (χ4n) is 1.95. The van der Waals surface area contributed by atoms with Crippen molar-refractivity contribution in [1.82, 2.24) is 15.2 Å². The van der Waals surface area contributed by atoms with Crippen LogP contribution in [0.3, 0.4) is 0 Å². The molecule has 0 aliphatic heterocycles. The second-order valence-corrected chi connectivity index (χ2v) is 5.89. The van der Waals surface area contributed by atoms with Gasteiger partial charge >= 0.3 is 0 Å². The third kappa shape index (κ3) is 3.16. The molecule has 3 N–H and O–H groups in total. The Bertz CT molecular complexity index is 616. The van der Waals surface area contributed by atoms with Crippen LogP contribution in [0.15, 0.2) is 18.2 Å². The summed E-state index contributed by atoms with van der Waals surface area (Å²) in [4.78, 5) is 4.49. The van der Waals surface area contributed by atoms with E-state index in [0.29, 0.717) is 17.3 Å². The summed E-state index contributed by atoms with van der Waals surface area (Å²) in [5, 5.41) is 7.16. The van der Waals surface area contributed by atoms with Gasteiger partial charge in [-0.25, -0.2) is 4.98 Å². The minimum absolute atomic E-state index is 0.119. The van der Waals surface area contributed by atoms with Crippen molar-refractivity contribution in [3.05, 3.63) is 35.4 Å². The van der Waals surface area contributed by atoms with Crippen LogP contribution in [-0.2, 0) is 5.41 Å². The molecule has 0 saturated carbocycles. The number of methoxy groups -OCH3 is 2. The zero-order valence-electron chi connectivity index (χ0n) is 13.1. The van der Waals surface area contributed by atoms with Crippen LogP contribution < -0.4 is 15.2 Å². The normalized spacial score (nSPS) is 13.0. The number of ether oxygens (including phenoxy) is 2. The van der Waals surface area contributed by atoms with Gasteiger partial charge in [0.25, 0.3) is 0 Å². The van der Waals surface area contributed by atoms with E-state index >= 15 is 0 Å². The van der Waals surface area contributed by atoms with E-state index in [1.54, 1.807) is 14.2 Å². The van der Waals surface area contributed by atoms with Crippen LogP contribution in [0.25, 0.3) is 0 Å². The third-order valence-electron chi connectivity index (χ3n) is 3.23. The molecule has 0 radical (unpaired) electrons. The molecule has 114 valence electrons. The van der Waals surface area contributed by atoms with E-state index in [4.69, 9.17) is 15.2 Å². The fraction of sp³-hybridized carbons (Fsp3) is 0.467. The van der Waals surface area contributed by atoms with Crippen molar-refractivity contribution in [2.24, 2.45) is 5.73 Å². The highest BCUT2D eigenvalue weighted by molar-refractivity contribution is 5.44. The van der Waals surface area contributed by atoms with Gasteiger partial charge < -0.3 is 15.2 Å². The molecule has 0 aliphatic carbocycles. The molecule has 6 heteroatoms. The first kappa shape index (κ1) is 15.3. The van der Waals surface area contributed by atoms with Gasteiger partial charge in [-0.1, -0.05) is 26.8 Å². The molecular weight excluding hydrogens is 268 g/mol. The van der Waals surface area contributed by atoms with Crippen LogP contribution >= 0.6 is 0 Å². The number of aromatic nitrogens is 3. The van der Waals surface area contributed by atoms with E-state index < -0.39 is 6.04 Å². The van der Waals surface area contributed by atoms with Gasteiger partial charge in [-0.2, -0.15) is 5.10 Å². The minimum Gasteiger partial charge on any atom is -0.493 e. The third-order valence-corrected chi connectivity index (χ3v) is 3.23. The number of hydrogen-bond acceptors (Lipinski definition) is 5. The van der Waals surface area contributed by atoms with Crippen molar-refractivity contribution in [2.45, 2.75) is 32.2 Å². The highest BCUT2D eigenvalue weighted by Gasteiger charge is 2.22. The quantitative estimate of drug-likeness (QED) is 0.901. The second-order valence-electron chi connectivity index (χ2n) is 5.89. The van der Waals surface area contributed by atoms with Crippen molar-refractivity contribution >= 4 is 0 Å².